The molecular weight excluding hydrogens is 186 g/mol. The van der Waals surface area contributed by atoms with E-state index in [1.54, 1.807) is 0 Å². The summed E-state index contributed by atoms with van der Waals surface area (Å²) in [5.74, 6) is 0. The van der Waals surface area contributed by atoms with Crippen LogP contribution >= 0.6 is 0 Å². The van der Waals surface area contributed by atoms with Crippen molar-refractivity contribution >= 4 is 0 Å². The molecule has 3 nitrogen and oxygen atoms in total. The van der Waals surface area contributed by atoms with Gasteiger partial charge >= 0.3 is 0 Å². The maximum atomic E-state index is 3.53. The van der Waals surface area contributed by atoms with E-state index in [1.165, 1.54) is 32.6 Å². The monoisotopic (exact) mass is 213 g/mol. The molecule has 0 aliphatic carbocycles. The van der Waals surface area contributed by atoms with E-state index in [2.05, 4.69) is 42.9 Å². The van der Waals surface area contributed by atoms with Gasteiger partial charge in [-0.05, 0) is 40.4 Å². The Morgan fingerprint density at radius 1 is 1.47 bits per heavy atom. The van der Waals surface area contributed by atoms with E-state index < -0.39 is 0 Å². The van der Waals surface area contributed by atoms with Gasteiger partial charge in [0.15, 0.2) is 0 Å². The Hall–Kier alpha value is -0.120. The number of nitrogens with zero attached hydrogens (tertiary/aromatic N) is 2. The Balaban J connectivity index is 2.13. The van der Waals surface area contributed by atoms with E-state index in [0.29, 0.717) is 6.04 Å². The molecule has 1 saturated heterocycles. The minimum atomic E-state index is 0.664. The van der Waals surface area contributed by atoms with Crippen LogP contribution in [0.2, 0.25) is 0 Å². The first kappa shape index (κ1) is 12.9. The van der Waals surface area contributed by atoms with E-state index in [0.717, 1.165) is 12.6 Å². The molecule has 3 heteroatoms. The largest absolute Gasteiger partial charge is 0.313 e. The molecule has 0 spiro atoms. The molecule has 1 aliphatic rings. The highest BCUT2D eigenvalue weighted by Gasteiger charge is 2.21. The molecule has 0 amide bonds. The second kappa shape index (κ2) is 6.46. The zero-order valence-corrected chi connectivity index (χ0v) is 10.8. The van der Waals surface area contributed by atoms with Crippen LogP contribution in [0.4, 0.5) is 0 Å². The lowest BCUT2D eigenvalue weighted by Crippen LogP contribution is -2.37. The average molecular weight is 213 g/mol. The summed E-state index contributed by atoms with van der Waals surface area (Å²) in [6.45, 7) is 12.7. The zero-order valence-electron chi connectivity index (χ0n) is 10.8. The third-order valence-electron chi connectivity index (χ3n) is 3.42. The molecular formula is C12H27N3. The van der Waals surface area contributed by atoms with Crippen molar-refractivity contribution < 1.29 is 0 Å². The number of likely N-dealkylation sites (tertiary alicyclic amines) is 1. The summed E-state index contributed by atoms with van der Waals surface area (Å²) in [6, 6.07) is 1.40. The fraction of sp³-hybridized carbons (Fsp3) is 1.00. The summed E-state index contributed by atoms with van der Waals surface area (Å²) in [6.07, 6.45) is 1.32. The lowest BCUT2D eigenvalue weighted by molar-refractivity contribution is 0.222. The number of rotatable bonds is 6. The van der Waals surface area contributed by atoms with Crippen molar-refractivity contribution in [3.63, 3.8) is 0 Å². The molecule has 1 aliphatic heterocycles. The van der Waals surface area contributed by atoms with Gasteiger partial charge in [0.25, 0.3) is 0 Å². The Kier molecular flexibility index (Phi) is 5.58. The van der Waals surface area contributed by atoms with Crippen LogP contribution in [0.1, 0.15) is 27.2 Å². The normalized spacial score (nSPS) is 23.2. The van der Waals surface area contributed by atoms with Crippen molar-refractivity contribution in [2.24, 2.45) is 0 Å². The minimum absolute atomic E-state index is 0.664. The first-order chi connectivity index (χ1) is 7.13. The highest BCUT2D eigenvalue weighted by atomic mass is 15.2. The van der Waals surface area contributed by atoms with E-state index >= 15 is 0 Å². The Morgan fingerprint density at radius 2 is 2.20 bits per heavy atom. The van der Waals surface area contributed by atoms with Gasteiger partial charge in [-0.3, -0.25) is 0 Å². The predicted molar refractivity (Wildman–Crippen MR) is 66.3 cm³/mol. The van der Waals surface area contributed by atoms with Gasteiger partial charge in [-0.2, -0.15) is 0 Å². The fourth-order valence-electron chi connectivity index (χ4n) is 2.05. The predicted octanol–water partition coefficient (Wildman–Crippen LogP) is 1.01. The van der Waals surface area contributed by atoms with Crippen molar-refractivity contribution in [1.29, 1.82) is 0 Å². The molecule has 0 aromatic rings. The summed E-state index contributed by atoms with van der Waals surface area (Å²) in [5, 5.41) is 3.53. The van der Waals surface area contributed by atoms with Gasteiger partial charge in [-0.15, -0.1) is 0 Å². The number of likely N-dealkylation sites (N-methyl/N-ethyl adjacent to an activating group) is 2. The van der Waals surface area contributed by atoms with Crippen molar-refractivity contribution in [3.05, 3.63) is 0 Å². The Labute approximate surface area is 94.8 Å². The van der Waals surface area contributed by atoms with E-state index in [9.17, 15) is 0 Å². The van der Waals surface area contributed by atoms with Crippen molar-refractivity contribution in [2.45, 2.75) is 39.3 Å². The van der Waals surface area contributed by atoms with Crippen LogP contribution < -0.4 is 5.32 Å². The van der Waals surface area contributed by atoms with E-state index in [4.69, 9.17) is 0 Å². The smallest absolute Gasteiger partial charge is 0.0207 e. The molecule has 90 valence electrons. The second-order valence-corrected chi connectivity index (χ2v) is 4.92. The van der Waals surface area contributed by atoms with Gasteiger partial charge < -0.3 is 15.1 Å². The molecule has 1 rings (SSSR count). The van der Waals surface area contributed by atoms with Crippen molar-refractivity contribution in [2.75, 3.05) is 39.8 Å². The summed E-state index contributed by atoms with van der Waals surface area (Å²) in [4.78, 5) is 4.99. The van der Waals surface area contributed by atoms with Gasteiger partial charge in [0, 0.05) is 31.7 Å². The summed E-state index contributed by atoms with van der Waals surface area (Å²) in [7, 11) is 2.21. The highest BCUT2D eigenvalue weighted by molar-refractivity contribution is 4.80. The zero-order chi connectivity index (χ0) is 11.3. The summed E-state index contributed by atoms with van der Waals surface area (Å²) < 4.78 is 0. The van der Waals surface area contributed by atoms with Gasteiger partial charge in [-0.1, -0.05) is 6.92 Å². The van der Waals surface area contributed by atoms with E-state index in [-0.39, 0.29) is 0 Å². The highest BCUT2D eigenvalue weighted by Crippen LogP contribution is 2.08. The molecule has 1 atom stereocenters. The molecule has 1 N–H and O–H groups in total. The van der Waals surface area contributed by atoms with Crippen LogP contribution in [0.5, 0.6) is 0 Å². The summed E-state index contributed by atoms with van der Waals surface area (Å²) in [5.41, 5.74) is 0. The molecule has 0 bridgehead atoms. The standard InChI is InChI=1S/C12H27N3/c1-5-13-12-6-7-15(10-12)9-8-14(4)11(2)3/h11-13H,5-10H2,1-4H3. The topological polar surface area (TPSA) is 18.5 Å². The SMILES string of the molecule is CCNC1CCN(CCN(C)C(C)C)C1. The van der Waals surface area contributed by atoms with Crippen molar-refractivity contribution in [3.8, 4) is 0 Å². The average Bonchev–Trinajstić information content (AvgIpc) is 2.62. The first-order valence-electron chi connectivity index (χ1n) is 6.29. The Bertz CT molecular complexity index is 170. The molecule has 1 unspecified atom stereocenters. The quantitative estimate of drug-likeness (QED) is 0.710. The van der Waals surface area contributed by atoms with Gasteiger partial charge in [0.1, 0.15) is 0 Å². The molecule has 15 heavy (non-hydrogen) atoms. The molecule has 1 fully saturated rings. The molecule has 0 aromatic carbocycles. The molecule has 0 radical (unpaired) electrons. The fourth-order valence-corrected chi connectivity index (χ4v) is 2.05. The van der Waals surface area contributed by atoms with Crippen LogP contribution in [-0.4, -0.2) is 61.7 Å². The number of hydrogen-bond acceptors (Lipinski definition) is 3. The maximum absolute atomic E-state index is 3.53. The van der Waals surface area contributed by atoms with Crippen LogP contribution in [0.15, 0.2) is 0 Å². The van der Waals surface area contributed by atoms with Gasteiger partial charge in [-0.25, -0.2) is 0 Å². The van der Waals surface area contributed by atoms with E-state index in [1.807, 2.05) is 0 Å². The van der Waals surface area contributed by atoms with Gasteiger partial charge in [0.05, 0.1) is 0 Å². The maximum Gasteiger partial charge on any atom is 0.0207 e. The summed E-state index contributed by atoms with van der Waals surface area (Å²) >= 11 is 0. The van der Waals surface area contributed by atoms with Crippen LogP contribution in [0.25, 0.3) is 0 Å². The van der Waals surface area contributed by atoms with Crippen molar-refractivity contribution in [1.82, 2.24) is 15.1 Å². The first-order valence-corrected chi connectivity index (χ1v) is 6.29. The number of hydrogen-bond donors (Lipinski definition) is 1. The molecule has 0 saturated carbocycles. The molecule has 0 aromatic heterocycles. The second-order valence-electron chi connectivity index (χ2n) is 4.92. The minimum Gasteiger partial charge on any atom is -0.313 e. The Morgan fingerprint density at radius 3 is 2.80 bits per heavy atom. The van der Waals surface area contributed by atoms with Gasteiger partial charge in [0.2, 0.25) is 0 Å². The molecule has 1 heterocycles. The third kappa shape index (κ3) is 4.49. The van der Waals surface area contributed by atoms with Crippen LogP contribution in [-0.2, 0) is 0 Å². The van der Waals surface area contributed by atoms with Crippen LogP contribution in [0.3, 0.4) is 0 Å². The lowest BCUT2D eigenvalue weighted by Gasteiger charge is -2.24. The number of nitrogens with one attached hydrogen (secondary N) is 1. The third-order valence-corrected chi connectivity index (χ3v) is 3.42. The lowest BCUT2D eigenvalue weighted by atomic mass is 10.3. The van der Waals surface area contributed by atoms with Crippen LogP contribution in [0, 0.1) is 0 Å².